The molecule has 0 bridgehead atoms. The molecule has 9 N–H and O–H groups in total. The van der Waals surface area contributed by atoms with Crippen LogP contribution < -0.4 is 35.6 Å². The number of carbonyl (C=O) groups excluding carboxylic acids is 4. The quantitative estimate of drug-likeness (QED) is 0.0302. The summed E-state index contributed by atoms with van der Waals surface area (Å²) in [4.78, 5) is 75.0. The molecule has 3 fully saturated rings. The van der Waals surface area contributed by atoms with Gasteiger partial charge in [-0.15, -0.1) is 0 Å². The van der Waals surface area contributed by atoms with E-state index in [-0.39, 0.29) is 17.9 Å². The smallest absolute Gasteiger partial charge is 0.308 e. The number of carboxylic acid groups (broad SMARTS) is 1. The fourth-order valence-electron chi connectivity index (χ4n) is 12.9. The van der Waals surface area contributed by atoms with Gasteiger partial charge in [-0.2, -0.15) is 0 Å². The number of aromatic nitrogens is 3. The first kappa shape index (κ1) is 68.0. The molecule has 95 heavy (non-hydrogen) atoms. The number of hydrogen-bond acceptors (Lipinski definition) is 15. The van der Waals surface area contributed by atoms with Gasteiger partial charge in [0.1, 0.15) is 37.1 Å². The number of aliphatic carboxylic acids is 1. The van der Waals surface area contributed by atoms with Crippen molar-refractivity contribution in [2.75, 3.05) is 0 Å². The fraction of sp³-hybridized carbons (Fsp3) is 0.333. The van der Waals surface area contributed by atoms with Crippen molar-refractivity contribution in [3.8, 4) is 17.2 Å². The standard InChI is InChI=1S/C25H27N3O5.C25H26N2O5.C25H28N2O3/c1-15-13-17(19-5-2-3-7-21(19)26-15)14-33-18-11-9-16(10-12-18)24(30)27-23-20(25(31)28-32)6-4-8-22(23)29;1-15-13-17(19-5-2-3-7-21(19)26-15)14-32-18-11-9-16(10-12-18)24(29)27-23-20(25(30)31)6-4-8-22(23)28;1-16-6-5-9-23(28)24(16)27-25(29)18-10-12-20(13-11-18)30-15-19-14-17(2)26-22-8-4-3-7-21(19)22/h2-3,5,7,9-13,20,22-23,29,32H,4,6,8,14H2,1H3,(H,27,30)(H,28,31);2-3,5,7,9-13,20,22-23,28H,4,6,8,14H2,1H3,(H,27,29)(H,30,31);3-4,7-8,10-14,16,23-24,28H,5-6,9,15H2,1-2H3,(H,27,29). The van der Waals surface area contributed by atoms with Gasteiger partial charge in [0, 0.05) is 66.6 Å². The predicted molar refractivity (Wildman–Crippen MR) is 359 cm³/mol. The normalized spacial score (nSPS) is 20.7. The van der Waals surface area contributed by atoms with Crippen molar-refractivity contribution in [3.05, 3.63) is 214 Å². The van der Waals surface area contributed by atoms with Crippen molar-refractivity contribution in [2.24, 2.45) is 17.8 Å². The number of nitrogens with zero attached hydrogens (tertiary/aromatic N) is 3. The molecule has 3 aliphatic carbocycles. The van der Waals surface area contributed by atoms with Crippen molar-refractivity contribution in [2.45, 2.75) is 142 Å². The molecule has 20 heteroatoms. The number of amides is 4. The average molecular weight is 1290 g/mol. The molecule has 3 aromatic heterocycles. The van der Waals surface area contributed by atoms with Gasteiger partial charge in [0.2, 0.25) is 5.91 Å². The lowest BCUT2D eigenvalue weighted by atomic mass is 9.82. The van der Waals surface area contributed by atoms with E-state index in [0.717, 1.165) is 85.7 Å². The Morgan fingerprint density at radius 1 is 0.432 bits per heavy atom. The second kappa shape index (κ2) is 31.8. The maximum atomic E-state index is 12.7. The summed E-state index contributed by atoms with van der Waals surface area (Å²) in [6.07, 6.45) is 3.72. The third-order valence-corrected chi connectivity index (χ3v) is 17.9. The highest BCUT2D eigenvalue weighted by Crippen LogP contribution is 2.30. The van der Waals surface area contributed by atoms with Crippen molar-refractivity contribution >= 4 is 62.3 Å². The zero-order valence-electron chi connectivity index (χ0n) is 53.6. The fourth-order valence-corrected chi connectivity index (χ4v) is 12.9. The topological polar surface area (TPSA) is 301 Å². The zero-order chi connectivity index (χ0) is 67.1. The third kappa shape index (κ3) is 17.5. The van der Waals surface area contributed by atoms with E-state index in [2.05, 4.69) is 43.9 Å². The van der Waals surface area contributed by atoms with Gasteiger partial charge in [-0.25, -0.2) is 5.48 Å². The highest BCUT2D eigenvalue weighted by atomic mass is 16.5. The van der Waals surface area contributed by atoms with Crippen LogP contribution >= 0.6 is 0 Å². The Hall–Kier alpha value is -9.86. The van der Waals surface area contributed by atoms with Gasteiger partial charge >= 0.3 is 5.97 Å². The van der Waals surface area contributed by atoms with Crippen LogP contribution in [0.4, 0.5) is 0 Å². The van der Waals surface area contributed by atoms with Crippen LogP contribution in [-0.2, 0) is 29.4 Å². The summed E-state index contributed by atoms with van der Waals surface area (Å²) in [6, 6.07) is 48.6. The number of pyridine rings is 3. The molecular formula is C75H81N7O13. The van der Waals surface area contributed by atoms with Crippen LogP contribution in [0.1, 0.15) is 130 Å². The molecule has 0 spiro atoms. The number of hydroxylamine groups is 1. The number of aryl methyl sites for hydroxylation is 3. The number of aliphatic hydroxyl groups excluding tert-OH is 3. The number of fused-ring (bicyclic) bond motifs is 3. The molecule has 12 rings (SSSR count). The summed E-state index contributed by atoms with van der Waals surface area (Å²) in [5.41, 5.74) is 11.7. The Balaban J connectivity index is 0.000000155. The molecule has 9 unspecified atom stereocenters. The predicted octanol–water partition coefficient (Wildman–Crippen LogP) is 10.8. The number of carboxylic acids is 1. The minimum absolute atomic E-state index is 0.157. The molecule has 3 aliphatic rings. The van der Waals surface area contributed by atoms with Crippen LogP contribution in [0.15, 0.2) is 164 Å². The molecule has 0 aliphatic heterocycles. The maximum Gasteiger partial charge on any atom is 0.308 e. The lowest BCUT2D eigenvalue weighted by Crippen LogP contribution is -2.54. The van der Waals surface area contributed by atoms with E-state index in [0.29, 0.717) is 92.3 Å². The number of hydrogen-bond donors (Lipinski definition) is 9. The van der Waals surface area contributed by atoms with Crippen LogP contribution in [0.5, 0.6) is 17.2 Å². The van der Waals surface area contributed by atoms with Crippen molar-refractivity contribution in [3.63, 3.8) is 0 Å². The minimum atomic E-state index is -1.00. The number of nitrogens with one attached hydrogen (secondary N) is 4. The number of benzene rings is 6. The van der Waals surface area contributed by atoms with Crippen LogP contribution in [0.25, 0.3) is 32.7 Å². The Labute approximate surface area is 551 Å². The van der Waals surface area contributed by atoms with Crippen LogP contribution in [0, 0.1) is 38.5 Å². The van der Waals surface area contributed by atoms with Gasteiger partial charge in [0.15, 0.2) is 0 Å². The zero-order valence-corrected chi connectivity index (χ0v) is 53.6. The lowest BCUT2D eigenvalue weighted by molar-refractivity contribution is -0.145. The summed E-state index contributed by atoms with van der Waals surface area (Å²) < 4.78 is 17.8. The second-order valence-corrected chi connectivity index (χ2v) is 24.8. The Morgan fingerprint density at radius 3 is 1.09 bits per heavy atom. The Kier molecular flexibility index (Phi) is 22.8. The number of aliphatic hydroxyl groups is 3. The number of ether oxygens (including phenoxy) is 3. The molecular weight excluding hydrogens is 1210 g/mol. The molecule has 0 saturated heterocycles. The molecule has 3 saturated carbocycles. The van der Waals surface area contributed by atoms with Gasteiger partial charge in [0.25, 0.3) is 17.7 Å². The molecule has 6 aromatic carbocycles. The molecule has 3 heterocycles. The van der Waals surface area contributed by atoms with E-state index in [1.807, 2.05) is 118 Å². The second-order valence-electron chi connectivity index (χ2n) is 24.8. The molecule has 9 aromatic rings. The van der Waals surface area contributed by atoms with Gasteiger partial charge in [-0.1, -0.05) is 67.9 Å². The summed E-state index contributed by atoms with van der Waals surface area (Å²) in [5, 5.41) is 60.7. The molecule has 494 valence electrons. The van der Waals surface area contributed by atoms with Crippen molar-refractivity contribution in [1.82, 2.24) is 36.4 Å². The lowest BCUT2D eigenvalue weighted by Gasteiger charge is -2.34. The molecule has 9 atom stereocenters. The van der Waals surface area contributed by atoms with E-state index >= 15 is 0 Å². The van der Waals surface area contributed by atoms with E-state index in [1.165, 1.54) is 0 Å². The monoisotopic (exact) mass is 1290 g/mol. The largest absolute Gasteiger partial charge is 0.489 e. The van der Waals surface area contributed by atoms with Crippen LogP contribution in [-0.4, -0.2) is 107 Å². The van der Waals surface area contributed by atoms with Gasteiger partial charge < -0.3 is 50.6 Å². The molecule has 0 radical (unpaired) electrons. The summed E-state index contributed by atoms with van der Waals surface area (Å²) >= 11 is 0. The summed E-state index contributed by atoms with van der Waals surface area (Å²) in [5.74, 6) is -1.86. The van der Waals surface area contributed by atoms with Gasteiger partial charge in [-0.3, -0.25) is 44.1 Å². The Bertz CT molecular complexity index is 4140. The highest BCUT2D eigenvalue weighted by molar-refractivity contribution is 5.96. The first-order chi connectivity index (χ1) is 45.9. The number of carbonyl (C=O) groups is 5. The summed E-state index contributed by atoms with van der Waals surface area (Å²) in [6.45, 7) is 9.11. The Morgan fingerprint density at radius 2 is 0.747 bits per heavy atom. The van der Waals surface area contributed by atoms with Crippen LogP contribution in [0.3, 0.4) is 0 Å². The number of rotatable bonds is 17. The van der Waals surface area contributed by atoms with E-state index in [4.69, 9.17) is 19.4 Å². The first-order valence-electron chi connectivity index (χ1n) is 32.3. The van der Waals surface area contributed by atoms with E-state index in [1.54, 1.807) is 66.1 Å². The number of para-hydroxylation sites is 3. The molecule has 20 nitrogen and oxygen atoms in total. The molecule has 4 amide bonds. The average Bonchev–Trinajstić information content (AvgIpc) is 1.17. The SMILES string of the molecule is Cc1cc(COc2ccc(C(=O)NC3C(C)CCCC3O)cc2)c2ccccc2n1.Cc1cc(COc2ccc(C(=O)NC3C(O)CCCC3C(=O)NO)cc2)c2ccccc2n1.Cc1cc(COc2ccc(C(=O)NC3C(O)CCCC3C(=O)O)cc2)c2ccccc2n1. The van der Waals surface area contributed by atoms with Crippen LogP contribution in [0.2, 0.25) is 0 Å². The maximum absolute atomic E-state index is 12.7. The van der Waals surface area contributed by atoms with E-state index < -0.39 is 65.9 Å². The third-order valence-electron chi connectivity index (χ3n) is 17.9. The highest BCUT2D eigenvalue weighted by Gasteiger charge is 2.39. The first-order valence-corrected chi connectivity index (χ1v) is 32.3. The van der Waals surface area contributed by atoms with Crippen molar-refractivity contribution < 1.29 is 63.8 Å². The van der Waals surface area contributed by atoms with E-state index in [9.17, 15) is 44.4 Å². The van der Waals surface area contributed by atoms with Gasteiger partial charge in [-0.05, 0) is 187 Å². The summed E-state index contributed by atoms with van der Waals surface area (Å²) in [7, 11) is 0. The van der Waals surface area contributed by atoms with Gasteiger partial charge in [0.05, 0.1) is 64.8 Å². The van der Waals surface area contributed by atoms with Crippen molar-refractivity contribution in [1.29, 1.82) is 0 Å². The minimum Gasteiger partial charge on any atom is -0.489 e.